The number of halogens is 2. The zero-order valence-corrected chi connectivity index (χ0v) is 8.22. The van der Waals surface area contributed by atoms with Crippen molar-refractivity contribution >= 4 is 5.69 Å². The quantitative estimate of drug-likeness (QED) is 0.798. The Balaban J connectivity index is 2.91. The summed E-state index contributed by atoms with van der Waals surface area (Å²) < 4.78 is 26.3. The van der Waals surface area contributed by atoms with Crippen molar-refractivity contribution in [1.29, 1.82) is 5.26 Å². The molecule has 0 saturated heterocycles. The number of benzene rings is 1. The van der Waals surface area contributed by atoms with E-state index in [0.717, 1.165) is 12.1 Å². The normalized spacial score (nSPS) is 11.9. The summed E-state index contributed by atoms with van der Waals surface area (Å²) in [5, 5.41) is 11.1. The van der Waals surface area contributed by atoms with Crippen LogP contribution in [0.25, 0.3) is 0 Å². The van der Waals surface area contributed by atoms with Crippen molar-refractivity contribution in [3.8, 4) is 6.07 Å². The molecule has 1 atom stereocenters. The third-order valence-corrected chi connectivity index (χ3v) is 1.79. The molecule has 0 fully saturated rings. The lowest BCUT2D eigenvalue weighted by Gasteiger charge is -2.10. The molecular weight excluding hydrogens is 200 g/mol. The molecular formula is C10H11F2N3. The van der Waals surface area contributed by atoms with E-state index in [4.69, 9.17) is 11.0 Å². The molecule has 3 nitrogen and oxygen atoms in total. The Morgan fingerprint density at radius 2 is 2.13 bits per heavy atom. The average molecular weight is 211 g/mol. The number of nitrogens with one attached hydrogen (secondary N) is 1. The Morgan fingerprint density at radius 1 is 1.47 bits per heavy atom. The first-order chi connectivity index (χ1) is 7.04. The molecule has 1 aromatic rings. The minimum atomic E-state index is -0.744. The zero-order valence-electron chi connectivity index (χ0n) is 8.22. The maximum Gasteiger partial charge on any atom is 0.147 e. The SMILES string of the molecule is C[C@H](N)CNc1cc(F)c(C#N)cc1F. The van der Waals surface area contributed by atoms with Gasteiger partial charge in [-0.3, -0.25) is 0 Å². The molecule has 0 heterocycles. The van der Waals surface area contributed by atoms with E-state index in [0.29, 0.717) is 6.54 Å². The van der Waals surface area contributed by atoms with Gasteiger partial charge >= 0.3 is 0 Å². The molecule has 0 spiro atoms. The van der Waals surface area contributed by atoms with Gasteiger partial charge in [-0.15, -0.1) is 0 Å². The predicted octanol–water partition coefficient (Wildman–Crippen LogP) is 1.60. The Hall–Kier alpha value is -1.67. The smallest absolute Gasteiger partial charge is 0.147 e. The van der Waals surface area contributed by atoms with Crippen LogP contribution in [0.4, 0.5) is 14.5 Å². The number of nitrogens with zero attached hydrogens (tertiary/aromatic N) is 1. The van der Waals surface area contributed by atoms with Crippen molar-refractivity contribution in [3.05, 3.63) is 29.3 Å². The standard InChI is InChI=1S/C10H11F2N3/c1-6(14)5-15-10-3-8(11)7(4-13)2-9(10)12/h2-3,6,15H,5,14H2,1H3/t6-/m0/s1. The Labute approximate surface area is 86.5 Å². The highest BCUT2D eigenvalue weighted by Crippen LogP contribution is 2.18. The highest BCUT2D eigenvalue weighted by Gasteiger charge is 2.09. The maximum atomic E-state index is 13.2. The van der Waals surface area contributed by atoms with Gasteiger partial charge in [0.25, 0.3) is 0 Å². The molecule has 80 valence electrons. The van der Waals surface area contributed by atoms with Gasteiger partial charge < -0.3 is 11.1 Å². The molecule has 0 aliphatic heterocycles. The molecule has 1 rings (SSSR count). The molecule has 0 aliphatic carbocycles. The first-order valence-electron chi connectivity index (χ1n) is 4.43. The molecule has 1 aromatic carbocycles. The van der Waals surface area contributed by atoms with Gasteiger partial charge in [0.1, 0.15) is 17.7 Å². The van der Waals surface area contributed by atoms with Crippen molar-refractivity contribution in [2.75, 3.05) is 11.9 Å². The minimum Gasteiger partial charge on any atom is -0.381 e. The third-order valence-electron chi connectivity index (χ3n) is 1.79. The van der Waals surface area contributed by atoms with Crippen LogP contribution in [0.2, 0.25) is 0 Å². The van der Waals surface area contributed by atoms with Gasteiger partial charge in [0.15, 0.2) is 0 Å². The number of hydrogen-bond donors (Lipinski definition) is 2. The Morgan fingerprint density at radius 3 is 2.67 bits per heavy atom. The van der Waals surface area contributed by atoms with E-state index in [2.05, 4.69) is 5.32 Å². The molecule has 5 heteroatoms. The summed E-state index contributed by atoms with van der Waals surface area (Å²) in [5.41, 5.74) is 5.16. The lowest BCUT2D eigenvalue weighted by atomic mass is 10.2. The lowest BCUT2D eigenvalue weighted by Crippen LogP contribution is -2.25. The predicted molar refractivity (Wildman–Crippen MR) is 53.2 cm³/mol. The van der Waals surface area contributed by atoms with E-state index in [1.807, 2.05) is 0 Å². The van der Waals surface area contributed by atoms with Gasteiger partial charge in [0, 0.05) is 18.7 Å². The Kier molecular flexibility index (Phi) is 3.58. The summed E-state index contributed by atoms with van der Waals surface area (Å²) >= 11 is 0. The number of hydrogen-bond acceptors (Lipinski definition) is 3. The van der Waals surface area contributed by atoms with E-state index in [-0.39, 0.29) is 17.3 Å². The van der Waals surface area contributed by atoms with Crippen LogP contribution in [0, 0.1) is 23.0 Å². The monoisotopic (exact) mass is 211 g/mol. The van der Waals surface area contributed by atoms with E-state index in [1.54, 1.807) is 13.0 Å². The molecule has 0 bridgehead atoms. The average Bonchev–Trinajstić information content (AvgIpc) is 2.18. The first-order valence-corrected chi connectivity index (χ1v) is 4.43. The fourth-order valence-corrected chi connectivity index (χ4v) is 1.04. The van der Waals surface area contributed by atoms with Crippen LogP contribution < -0.4 is 11.1 Å². The van der Waals surface area contributed by atoms with Crippen molar-refractivity contribution in [2.45, 2.75) is 13.0 Å². The summed E-state index contributed by atoms with van der Waals surface area (Å²) in [7, 11) is 0. The fourth-order valence-electron chi connectivity index (χ4n) is 1.04. The molecule has 0 amide bonds. The second-order valence-corrected chi connectivity index (χ2v) is 3.28. The molecule has 0 unspecified atom stereocenters. The molecule has 0 aromatic heterocycles. The second-order valence-electron chi connectivity index (χ2n) is 3.28. The topological polar surface area (TPSA) is 61.8 Å². The summed E-state index contributed by atoms with van der Waals surface area (Å²) in [6, 6.07) is 3.21. The van der Waals surface area contributed by atoms with Crippen LogP contribution >= 0.6 is 0 Å². The summed E-state index contributed by atoms with van der Waals surface area (Å²) in [5.74, 6) is -1.40. The minimum absolute atomic E-state index is 0.0174. The van der Waals surface area contributed by atoms with Gasteiger partial charge in [-0.05, 0) is 13.0 Å². The van der Waals surface area contributed by atoms with E-state index >= 15 is 0 Å². The van der Waals surface area contributed by atoms with Crippen molar-refractivity contribution in [3.63, 3.8) is 0 Å². The Bertz CT molecular complexity index is 396. The number of nitriles is 1. The van der Waals surface area contributed by atoms with Crippen LogP contribution in [0.5, 0.6) is 0 Å². The highest BCUT2D eigenvalue weighted by molar-refractivity contribution is 5.49. The van der Waals surface area contributed by atoms with Crippen LogP contribution in [0.15, 0.2) is 12.1 Å². The zero-order chi connectivity index (χ0) is 11.4. The molecule has 0 aliphatic rings. The van der Waals surface area contributed by atoms with E-state index in [9.17, 15) is 8.78 Å². The van der Waals surface area contributed by atoms with Crippen molar-refractivity contribution in [1.82, 2.24) is 0 Å². The highest BCUT2D eigenvalue weighted by atomic mass is 19.1. The molecule has 15 heavy (non-hydrogen) atoms. The van der Waals surface area contributed by atoms with Gasteiger partial charge in [-0.25, -0.2) is 8.78 Å². The van der Waals surface area contributed by atoms with E-state index in [1.165, 1.54) is 0 Å². The van der Waals surface area contributed by atoms with Crippen LogP contribution in [0.1, 0.15) is 12.5 Å². The van der Waals surface area contributed by atoms with Crippen LogP contribution in [0.3, 0.4) is 0 Å². The van der Waals surface area contributed by atoms with Crippen LogP contribution in [-0.4, -0.2) is 12.6 Å². The first kappa shape index (κ1) is 11.4. The number of rotatable bonds is 3. The van der Waals surface area contributed by atoms with Crippen LogP contribution in [-0.2, 0) is 0 Å². The van der Waals surface area contributed by atoms with Gasteiger partial charge in [-0.1, -0.05) is 0 Å². The maximum absolute atomic E-state index is 13.2. The summed E-state index contributed by atoms with van der Waals surface area (Å²) in [4.78, 5) is 0. The van der Waals surface area contributed by atoms with Crippen molar-refractivity contribution in [2.24, 2.45) is 5.73 Å². The van der Waals surface area contributed by atoms with Gasteiger partial charge in [0.05, 0.1) is 11.3 Å². The van der Waals surface area contributed by atoms with Crippen molar-refractivity contribution < 1.29 is 8.78 Å². The molecule has 0 radical (unpaired) electrons. The molecule has 0 saturated carbocycles. The van der Waals surface area contributed by atoms with Gasteiger partial charge in [0.2, 0.25) is 0 Å². The number of nitrogens with two attached hydrogens (primary N) is 1. The number of anilines is 1. The summed E-state index contributed by atoms with van der Waals surface area (Å²) in [6.45, 7) is 2.08. The summed E-state index contributed by atoms with van der Waals surface area (Å²) in [6.07, 6.45) is 0. The second kappa shape index (κ2) is 4.71. The van der Waals surface area contributed by atoms with Gasteiger partial charge in [-0.2, -0.15) is 5.26 Å². The third kappa shape index (κ3) is 2.89. The fraction of sp³-hybridized carbons (Fsp3) is 0.300. The lowest BCUT2D eigenvalue weighted by molar-refractivity contribution is 0.598. The largest absolute Gasteiger partial charge is 0.381 e. The molecule has 3 N–H and O–H groups in total. The van der Waals surface area contributed by atoms with E-state index < -0.39 is 11.6 Å².